The normalized spacial score (nSPS) is 21.2. The maximum absolute atomic E-state index is 12.7. The highest BCUT2D eigenvalue weighted by molar-refractivity contribution is 5.91. The molecule has 1 saturated carbocycles. The van der Waals surface area contributed by atoms with Gasteiger partial charge in [0.1, 0.15) is 5.82 Å². The van der Waals surface area contributed by atoms with Gasteiger partial charge in [0.2, 0.25) is 0 Å². The molecule has 0 spiro atoms. The molecule has 2 aromatic heterocycles. The van der Waals surface area contributed by atoms with Gasteiger partial charge in [0, 0.05) is 44.0 Å². The molecule has 1 amide bonds. The molecule has 25 heavy (non-hydrogen) atoms. The minimum atomic E-state index is -0.0647. The Kier molecular flexibility index (Phi) is 4.51. The molecule has 0 radical (unpaired) electrons. The Balaban J connectivity index is 1.45. The third-order valence-electron chi connectivity index (χ3n) is 5.49. The number of carbonyl (C=O) groups excluding carboxylic acids is 1. The van der Waals surface area contributed by atoms with Crippen molar-refractivity contribution in [2.45, 2.75) is 44.6 Å². The van der Waals surface area contributed by atoms with Gasteiger partial charge in [-0.15, -0.1) is 0 Å². The van der Waals surface area contributed by atoms with Crippen LogP contribution in [0.2, 0.25) is 0 Å². The number of carbonyl (C=O) groups is 1. The molecule has 6 nitrogen and oxygen atoms in total. The first-order chi connectivity index (χ1) is 12.2. The maximum atomic E-state index is 12.7. The van der Waals surface area contributed by atoms with Crippen molar-refractivity contribution in [1.29, 1.82) is 0 Å². The number of amides is 1. The van der Waals surface area contributed by atoms with Crippen LogP contribution in [-0.2, 0) is 6.54 Å². The summed E-state index contributed by atoms with van der Waals surface area (Å²) in [5, 5.41) is 0. The Morgan fingerprint density at radius 2 is 2.20 bits per heavy atom. The van der Waals surface area contributed by atoms with E-state index in [9.17, 15) is 4.79 Å². The van der Waals surface area contributed by atoms with Gasteiger partial charge in [-0.3, -0.25) is 4.79 Å². The average molecular weight is 343 g/mol. The Hall–Kier alpha value is -2.24. The van der Waals surface area contributed by atoms with Crippen molar-refractivity contribution in [3.63, 3.8) is 0 Å². The standard InChI is InChI=1S/C19H25N3O3/c1-24-17-8-7-16(25-17)19(23)22-10-3-6-15(13-22)18-20-9-11-21(18)12-14-4-2-5-14/h7-9,11,14-15H,2-6,10,12-13H2,1H3/t15-/m0/s1. The van der Waals surface area contributed by atoms with E-state index < -0.39 is 0 Å². The quantitative estimate of drug-likeness (QED) is 0.836. The van der Waals surface area contributed by atoms with Crippen LogP contribution in [0.3, 0.4) is 0 Å². The monoisotopic (exact) mass is 343 g/mol. The molecule has 2 aromatic rings. The smallest absolute Gasteiger partial charge is 0.289 e. The molecule has 6 heteroatoms. The van der Waals surface area contributed by atoms with Crippen molar-refractivity contribution >= 4 is 5.91 Å². The number of ether oxygens (including phenoxy) is 1. The summed E-state index contributed by atoms with van der Waals surface area (Å²) in [4.78, 5) is 19.2. The highest BCUT2D eigenvalue weighted by Gasteiger charge is 2.30. The fourth-order valence-corrected chi connectivity index (χ4v) is 3.86. The molecular formula is C19H25N3O3. The van der Waals surface area contributed by atoms with Crippen molar-refractivity contribution in [3.05, 3.63) is 36.1 Å². The lowest BCUT2D eigenvalue weighted by Crippen LogP contribution is -2.39. The number of hydrogen-bond acceptors (Lipinski definition) is 4. The van der Waals surface area contributed by atoms with Gasteiger partial charge >= 0.3 is 0 Å². The zero-order valence-corrected chi connectivity index (χ0v) is 14.7. The predicted molar refractivity (Wildman–Crippen MR) is 92.7 cm³/mol. The second-order valence-corrected chi connectivity index (χ2v) is 7.15. The van der Waals surface area contributed by atoms with E-state index in [4.69, 9.17) is 9.15 Å². The van der Waals surface area contributed by atoms with Gasteiger partial charge in [-0.05, 0) is 37.7 Å². The molecule has 1 saturated heterocycles. The van der Waals surface area contributed by atoms with E-state index in [2.05, 4.69) is 15.7 Å². The first-order valence-electron chi connectivity index (χ1n) is 9.18. The molecule has 2 fully saturated rings. The lowest BCUT2D eigenvalue weighted by molar-refractivity contribution is 0.0664. The maximum Gasteiger partial charge on any atom is 0.289 e. The fraction of sp³-hybridized carbons (Fsp3) is 0.579. The van der Waals surface area contributed by atoms with Crippen molar-refractivity contribution in [2.24, 2.45) is 5.92 Å². The molecule has 2 aliphatic rings. The number of imidazole rings is 1. The van der Waals surface area contributed by atoms with Crippen molar-refractivity contribution in [2.75, 3.05) is 20.2 Å². The van der Waals surface area contributed by atoms with Gasteiger partial charge < -0.3 is 18.6 Å². The van der Waals surface area contributed by atoms with E-state index in [1.54, 1.807) is 12.1 Å². The topological polar surface area (TPSA) is 60.5 Å². The van der Waals surface area contributed by atoms with E-state index in [-0.39, 0.29) is 5.91 Å². The van der Waals surface area contributed by atoms with E-state index in [1.165, 1.54) is 26.4 Å². The van der Waals surface area contributed by atoms with Crippen LogP contribution in [-0.4, -0.2) is 40.6 Å². The SMILES string of the molecule is COc1ccc(C(=O)N2CCC[C@H](c3nccn3CC3CCC3)C2)o1. The van der Waals surface area contributed by atoms with Crippen LogP contribution in [0.1, 0.15) is 54.4 Å². The summed E-state index contributed by atoms with van der Waals surface area (Å²) in [6, 6.07) is 3.36. The average Bonchev–Trinajstić information content (AvgIpc) is 3.26. The van der Waals surface area contributed by atoms with Crippen LogP contribution < -0.4 is 4.74 Å². The summed E-state index contributed by atoms with van der Waals surface area (Å²) in [6.07, 6.45) is 10.1. The van der Waals surface area contributed by atoms with E-state index >= 15 is 0 Å². The summed E-state index contributed by atoms with van der Waals surface area (Å²) in [7, 11) is 1.53. The third-order valence-corrected chi connectivity index (χ3v) is 5.49. The van der Waals surface area contributed by atoms with Crippen LogP contribution in [0, 0.1) is 5.92 Å². The molecule has 0 N–H and O–H groups in total. The van der Waals surface area contributed by atoms with Crippen molar-refractivity contribution in [1.82, 2.24) is 14.5 Å². The van der Waals surface area contributed by atoms with Gasteiger partial charge in [0.05, 0.1) is 7.11 Å². The Labute approximate surface area is 147 Å². The molecule has 3 heterocycles. The number of furan rings is 1. The van der Waals surface area contributed by atoms with Crippen LogP contribution >= 0.6 is 0 Å². The number of hydrogen-bond donors (Lipinski definition) is 0. The summed E-state index contributed by atoms with van der Waals surface area (Å²) in [5.41, 5.74) is 0. The number of likely N-dealkylation sites (tertiary alicyclic amines) is 1. The van der Waals surface area contributed by atoms with E-state index in [1.807, 2.05) is 11.1 Å². The largest absolute Gasteiger partial charge is 0.468 e. The van der Waals surface area contributed by atoms with Gasteiger partial charge in [-0.2, -0.15) is 0 Å². The molecule has 134 valence electrons. The molecule has 4 rings (SSSR count). The summed E-state index contributed by atoms with van der Waals surface area (Å²) >= 11 is 0. The number of nitrogens with zero attached hydrogens (tertiary/aromatic N) is 3. The Morgan fingerprint density at radius 1 is 1.32 bits per heavy atom. The van der Waals surface area contributed by atoms with Crippen LogP contribution in [0.25, 0.3) is 0 Å². The molecule has 0 bridgehead atoms. The second kappa shape index (κ2) is 6.94. The lowest BCUT2D eigenvalue weighted by atomic mass is 9.85. The zero-order chi connectivity index (χ0) is 17.2. The molecule has 0 aromatic carbocycles. The minimum absolute atomic E-state index is 0.0647. The van der Waals surface area contributed by atoms with Crippen LogP contribution in [0.15, 0.2) is 28.9 Å². The Bertz CT molecular complexity index is 732. The van der Waals surface area contributed by atoms with Crippen molar-refractivity contribution < 1.29 is 13.9 Å². The first kappa shape index (κ1) is 16.2. The third kappa shape index (κ3) is 3.30. The van der Waals surface area contributed by atoms with E-state index in [0.717, 1.165) is 37.7 Å². The van der Waals surface area contributed by atoms with Gasteiger partial charge in [-0.1, -0.05) is 6.42 Å². The van der Waals surface area contributed by atoms with Gasteiger partial charge in [-0.25, -0.2) is 4.98 Å². The zero-order valence-electron chi connectivity index (χ0n) is 14.7. The molecule has 1 atom stereocenters. The van der Waals surface area contributed by atoms with Crippen molar-refractivity contribution in [3.8, 4) is 5.95 Å². The number of aromatic nitrogens is 2. The first-order valence-corrected chi connectivity index (χ1v) is 9.18. The molecule has 0 unspecified atom stereocenters. The highest BCUT2D eigenvalue weighted by Crippen LogP contribution is 2.31. The second-order valence-electron chi connectivity index (χ2n) is 7.15. The highest BCUT2D eigenvalue weighted by atomic mass is 16.6. The van der Waals surface area contributed by atoms with Gasteiger partial charge in [0.15, 0.2) is 5.76 Å². The number of methoxy groups -OCH3 is 1. The molecular weight excluding hydrogens is 318 g/mol. The summed E-state index contributed by atoms with van der Waals surface area (Å²) in [5.74, 6) is 2.87. The number of piperidine rings is 1. The minimum Gasteiger partial charge on any atom is -0.468 e. The number of rotatable bonds is 5. The predicted octanol–water partition coefficient (Wildman–Crippen LogP) is 3.30. The summed E-state index contributed by atoms with van der Waals surface area (Å²) in [6.45, 7) is 2.53. The fourth-order valence-electron chi connectivity index (χ4n) is 3.86. The molecule has 1 aliphatic carbocycles. The van der Waals surface area contributed by atoms with Crippen LogP contribution in [0.5, 0.6) is 5.95 Å². The van der Waals surface area contributed by atoms with Gasteiger partial charge in [0.25, 0.3) is 11.9 Å². The Morgan fingerprint density at radius 3 is 2.92 bits per heavy atom. The van der Waals surface area contributed by atoms with Crippen LogP contribution in [0.4, 0.5) is 0 Å². The lowest BCUT2D eigenvalue weighted by Gasteiger charge is -2.33. The molecule has 1 aliphatic heterocycles. The summed E-state index contributed by atoms with van der Waals surface area (Å²) < 4.78 is 12.8. The van der Waals surface area contributed by atoms with E-state index in [0.29, 0.717) is 24.2 Å².